The zero-order valence-electron chi connectivity index (χ0n) is 10.6. The first-order valence-electron chi connectivity index (χ1n) is 6.24. The molecule has 2 rings (SSSR count). The number of ether oxygens (including phenoxy) is 1. The van der Waals surface area contributed by atoms with Crippen LogP contribution in [0.4, 0.5) is 0 Å². The summed E-state index contributed by atoms with van der Waals surface area (Å²) in [4.78, 5) is 11.6. The Hall–Kier alpha value is -1.71. The number of carbonyl (C=O) groups is 1. The number of benzene rings is 1. The number of aliphatic carboxylic acids is 1. The largest absolute Gasteiger partial charge is 0.508 e. The van der Waals surface area contributed by atoms with Crippen molar-refractivity contribution in [1.29, 1.82) is 0 Å². The van der Waals surface area contributed by atoms with Crippen LogP contribution in [0.3, 0.4) is 0 Å². The van der Waals surface area contributed by atoms with Crippen LogP contribution >= 0.6 is 0 Å². The van der Waals surface area contributed by atoms with Crippen LogP contribution < -0.4 is 4.74 Å². The average molecular weight is 250 g/mol. The highest BCUT2D eigenvalue weighted by molar-refractivity contribution is 5.79. The third kappa shape index (κ3) is 1.92. The maximum absolute atomic E-state index is 11.6. The van der Waals surface area contributed by atoms with Crippen LogP contribution in [0.2, 0.25) is 0 Å². The number of hydrogen-bond acceptors (Lipinski definition) is 3. The summed E-state index contributed by atoms with van der Waals surface area (Å²) >= 11 is 0. The summed E-state index contributed by atoms with van der Waals surface area (Å²) in [5.74, 6) is -0.430. The lowest BCUT2D eigenvalue weighted by atomic mass is 9.78. The van der Waals surface area contributed by atoms with Crippen molar-refractivity contribution in [3.63, 3.8) is 0 Å². The van der Waals surface area contributed by atoms with Crippen LogP contribution in [-0.2, 0) is 11.2 Å². The van der Waals surface area contributed by atoms with Gasteiger partial charge in [0.15, 0.2) is 0 Å². The Kier molecular flexibility index (Phi) is 3.20. The molecule has 0 spiro atoms. The average Bonchev–Trinajstić information content (AvgIpc) is 2.30. The monoisotopic (exact) mass is 250 g/mol. The maximum atomic E-state index is 11.6. The SMILES string of the molecule is CCC[C@@]1(C(=O)O)Oc2cc(O)ccc2CC1C. The van der Waals surface area contributed by atoms with Gasteiger partial charge in [-0.2, -0.15) is 0 Å². The number of hydrogen-bond donors (Lipinski definition) is 2. The van der Waals surface area contributed by atoms with E-state index in [1.54, 1.807) is 12.1 Å². The van der Waals surface area contributed by atoms with E-state index in [1.807, 2.05) is 13.8 Å². The zero-order chi connectivity index (χ0) is 13.3. The highest BCUT2D eigenvalue weighted by atomic mass is 16.5. The van der Waals surface area contributed by atoms with Gasteiger partial charge in [0.1, 0.15) is 11.5 Å². The van der Waals surface area contributed by atoms with E-state index in [1.165, 1.54) is 6.07 Å². The molecule has 1 aliphatic heterocycles. The predicted octanol–water partition coefficient (Wildman–Crippen LogP) is 2.59. The minimum atomic E-state index is -1.17. The number of aromatic hydroxyl groups is 1. The van der Waals surface area contributed by atoms with Gasteiger partial charge in [0.05, 0.1) is 0 Å². The smallest absolute Gasteiger partial charge is 0.348 e. The van der Waals surface area contributed by atoms with Crippen LogP contribution in [0.5, 0.6) is 11.5 Å². The summed E-state index contributed by atoms with van der Waals surface area (Å²) in [5.41, 5.74) is -0.219. The molecule has 0 saturated carbocycles. The quantitative estimate of drug-likeness (QED) is 0.865. The van der Waals surface area contributed by atoms with Gasteiger partial charge >= 0.3 is 5.97 Å². The maximum Gasteiger partial charge on any atom is 0.348 e. The first-order chi connectivity index (χ1) is 8.49. The summed E-state index contributed by atoms with van der Waals surface area (Å²) < 4.78 is 5.75. The van der Waals surface area contributed by atoms with Crippen LogP contribution in [-0.4, -0.2) is 21.8 Å². The molecule has 0 aliphatic carbocycles. The van der Waals surface area contributed by atoms with Gasteiger partial charge < -0.3 is 14.9 Å². The van der Waals surface area contributed by atoms with Gasteiger partial charge in [0.2, 0.25) is 5.60 Å². The Morgan fingerprint density at radius 1 is 1.56 bits per heavy atom. The van der Waals surface area contributed by atoms with Gasteiger partial charge in [0, 0.05) is 12.0 Å². The van der Waals surface area contributed by atoms with Crippen molar-refractivity contribution < 1.29 is 19.7 Å². The molecule has 98 valence electrons. The molecular weight excluding hydrogens is 232 g/mol. The molecule has 0 radical (unpaired) electrons. The fraction of sp³-hybridized carbons (Fsp3) is 0.500. The van der Waals surface area contributed by atoms with E-state index < -0.39 is 11.6 Å². The predicted molar refractivity (Wildman–Crippen MR) is 66.9 cm³/mol. The highest BCUT2D eigenvalue weighted by Crippen LogP contribution is 2.41. The van der Waals surface area contributed by atoms with Gasteiger partial charge in [-0.1, -0.05) is 26.3 Å². The summed E-state index contributed by atoms with van der Waals surface area (Å²) in [6, 6.07) is 4.88. The van der Waals surface area contributed by atoms with Gasteiger partial charge in [-0.05, 0) is 24.5 Å². The summed E-state index contributed by atoms with van der Waals surface area (Å²) in [5, 5.41) is 19.0. The highest BCUT2D eigenvalue weighted by Gasteiger charge is 2.48. The van der Waals surface area contributed by atoms with E-state index in [0.29, 0.717) is 18.6 Å². The molecule has 0 fully saturated rings. The number of phenols is 1. The van der Waals surface area contributed by atoms with Crippen molar-refractivity contribution in [2.75, 3.05) is 0 Å². The zero-order valence-corrected chi connectivity index (χ0v) is 10.6. The Labute approximate surface area is 106 Å². The van der Waals surface area contributed by atoms with Crippen LogP contribution in [0, 0.1) is 5.92 Å². The number of carboxylic acids is 1. The van der Waals surface area contributed by atoms with E-state index in [4.69, 9.17) is 4.74 Å². The summed E-state index contributed by atoms with van der Waals surface area (Å²) in [7, 11) is 0. The molecule has 18 heavy (non-hydrogen) atoms. The molecule has 4 nitrogen and oxygen atoms in total. The molecule has 0 saturated heterocycles. The standard InChI is InChI=1S/C14H18O4/c1-3-6-14(13(16)17)9(2)7-10-4-5-11(15)8-12(10)18-14/h4-5,8-9,15H,3,6-7H2,1-2H3,(H,16,17)/t9?,14-/m1/s1. The molecular formula is C14H18O4. The van der Waals surface area contributed by atoms with Gasteiger partial charge in [-0.3, -0.25) is 0 Å². The molecule has 1 aromatic carbocycles. The molecule has 2 N–H and O–H groups in total. The third-order valence-electron chi connectivity index (χ3n) is 3.65. The lowest BCUT2D eigenvalue weighted by molar-refractivity contribution is -0.162. The minimum absolute atomic E-state index is 0.0907. The molecule has 1 aliphatic rings. The molecule has 1 aromatic rings. The third-order valence-corrected chi connectivity index (χ3v) is 3.65. The lowest BCUT2D eigenvalue weighted by Crippen LogP contribution is -2.52. The normalized spacial score (nSPS) is 26.2. The summed E-state index contributed by atoms with van der Waals surface area (Å²) in [6.07, 6.45) is 1.87. The fourth-order valence-corrected chi connectivity index (χ4v) is 2.63. The van der Waals surface area contributed by atoms with Crippen LogP contribution in [0.1, 0.15) is 32.3 Å². The lowest BCUT2D eigenvalue weighted by Gasteiger charge is -2.40. The van der Waals surface area contributed by atoms with E-state index in [0.717, 1.165) is 12.0 Å². The number of rotatable bonds is 3. The van der Waals surface area contributed by atoms with Crippen molar-refractivity contribution in [1.82, 2.24) is 0 Å². The molecule has 2 atom stereocenters. The van der Waals surface area contributed by atoms with Crippen LogP contribution in [0.15, 0.2) is 18.2 Å². The van der Waals surface area contributed by atoms with E-state index in [2.05, 4.69) is 0 Å². The van der Waals surface area contributed by atoms with Crippen molar-refractivity contribution in [2.24, 2.45) is 5.92 Å². The molecule has 0 bridgehead atoms. The number of fused-ring (bicyclic) bond motifs is 1. The molecule has 1 unspecified atom stereocenters. The van der Waals surface area contributed by atoms with Gasteiger partial charge in [-0.25, -0.2) is 4.79 Å². The minimum Gasteiger partial charge on any atom is -0.508 e. The Balaban J connectivity index is 2.44. The topological polar surface area (TPSA) is 66.8 Å². The van der Waals surface area contributed by atoms with Crippen molar-refractivity contribution in [2.45, 2.75) is 38.7 Å². The number of carboxylic acid groups (broad SMARTS) is 1. The first kappa shape index (κ1) is 12.7. The second kappa shape index (κ2) is 4.52. The fourth-order valence-electron chi connectivity index (χ4n) is 2.63. The molecule has 0 aromatic heterocycles. The molecule has 1 heterocycles. The summed E-state index contributed by atoms with van der Waals surface area (Å²) in [6.45, 7) is 3.85. The Morgan fingerprint density at radius 3 is 2.89 bits per heavy atom. The number of phenolic OH excluding ortho intramolecular Hbond substituents is 1. The van der Waals surface area contributed by atoms with Gasteiger partial charge in [-0.15, -0.1) is 0 Å². The Bertz CT molecular complexity index is 469. The second-order valence-corrected chi connectivity index (χ2v) is 4.94. The van der Waals surface area contributed by atoms with Gasteiger partial charge in [0.25, 0.3) is 0 Å². The van der Waals surface area contributed by atoms with E-state index in [-0.39, 0.29) is 11.7 Å². The molecule has 0 amide bonds. The Morgan fingerprint density at radius 2 is 2.28 bits per heavy atom. The first-order valence-corrected chi connectivity index (χ1v) is 6.24. The van der Waals surface area contributed by atoms with E-state index in [9.17, 15) is 15.0 Å². The van der Waals surface area contributed by atoms with E-state index >= 15 is 0 Å². The van der Waals surface area contributed by atoms with Crippen molar-refractivity contribution >= 4 is 5.97 Å². The van der Waals surface area contributed by atoms with Crippen molar-refractivity contribution in [3.05, 3.63) is 23.8 Å². The van der Waals surface area contributed by atoms with Crippen LogP contribution in [0.25, 0.3) is 0 Å². The van der Waals surface area contributed by atoms with Crippen molar-refractivity contribution in [3.8, 4) is 11.5 Å². The second-order valence-electron chi connectivity index (χ2n) is 4.94. The molecule has 4 heteroatoms.